The van der Waals surface area contributed by atoms with Crippen molar-refractivity contribution in [3.63, 3.8) is 0 Å². The van der Waals surface area contributed by atoms with E-state index in [9.17, 15) is 0 Å². The van der Waals surface area contributed by atoms with Crippen LogP contribution in [0, 0.1) is 13.8 Å². The highest BCUT2D eigenvalue weighted by Crippen LogP contribution is 2.16. The Bertz CT molecular complexity index is 442. The maximum Gasteiger partial charge on any atom is 0.0299 e. The summed E-state index contributed by atoms with van der Waals surface area (Å²) in [5.74, 6) is 0. The topological polar surface area (TPSA) is 12.0 Å². The SMILES string of the molecule is Cc1ccc(CNCCc2sccc2C)s1. The first-order valence-electron chi connectivity index (χ1n) is 5.54. The van der Waals surface area contributed by atoms with Crippen molar-refractivity contribution in [1.82, 2.24) is 5.32 Å². The predicted molar refractivity (Wildman–Crippen MR) is 73.5 cm³/mol. The summed E-state index contributed by atoms with van der Waals surface area (Å²) in [6.45, 7) is 6.42. The van der Waals surface area contributed by atoms with E-state index in [4.69, 9.17) is 0 Å². The van der Waals surface area contributed by atoms with Crippen molar-refractivity contribution in [2.75, 3.05) is 6.54 Å². The van der Waals surface area contributed by atoms with E-state index in [1.807, 2.05) is 22.7 Å². The van der Waals surface area contributed by atoms with Gasteiger partial charge >= 0.3 is 0 Å². The fourth-order valence-corrected chi connectivity index (χ4v) is 3.42. The van der Waals surface area contributed by atoms with E-state index in [2.05, 4.69) is 42.7 Å². The third kappa shape index (κ3) is 3.17. The van der Waals surface area contributed by atoms with Crippen LogP contribution in [0.3, 0.4) is 0 Å². The van der Waals surface area contributed by atoms with Crippen molar-refractivity contribution < 1.29 is 0 Å². The number of hydrogen-bond acceptors (Lipinski definition) is 3. The minimum atomic E-state index is 1.00. The van der Waals surface area contributed by atoms with Gasteiger partial charge in [0, 0.05) is 27.7 Å². The van der Waals surface area contributed by atoms with Crippen molar-refractivity contribution in [3.8, 4) is 0 Å². The lowest BCUT2D eigenvalue weighted by Crippen LogP contribution is -2.15. The molecule has 0 fully saturated rings. The zero-order valence-electron chi connectivity index (χ0n) is 9.75. The van der Waals surface area contributed by atoms with Crippen molar-refractivity contribution in [2.45, 2.75) is 26.8 Å². The fraction of sp³-hybridized carbons (Fsp3) is 0.385. The highest BCUT2D eigenvalue weighted by atomic mass is 32.1. The second-order valence-corrected chi connectivity index (χ2v) is 6.34. The third-order valence-corrected chi connectivity index (χ3v) is 4.68. The van der Waals surface area contributed by atoms with E-state index in [1.54, 1.807) is 0 Å². The van der Waals surface area contributed by atoms with E-state index < -0.39 is 0 Å². The number of aryl methyl sites for hydroxylation is 2. The van der Waals surface area contributed by atoms with Crippen LogP contribution >= 0.6 is 22.7 Å². The molecule has 2 heterocycles. The standard InChI is InChI=1S/C13H17NS2/c1-10-6-8-15-13(10)5-7-14-9-12-4-3-11(2)16-12/h3-4,6,8,14H,5,7,9H2,1-2H3. The molecule has 0 saturated heterocycles. The minimum absolute atomic E-state index is 1.00. The number of hydrogen-bond donors (Lipinski definition) is 1. The summed E-state index contributed by atoms with van der Waals surface area (Å²) in [6, 6.07) is 6.59. The molecule has 0 aliphatic carbocycles. The molecule has 16 heavy (non-hydrogen) atoms. The Hall–Kier alpha value is -0.640. The summed E-state index contributed by atoms with van der Waals surface area (Å²) in [4.78, 5) is 4.33. The van der Waals surface area contributed by atoms with E-state index in [1.165, 1.54) is 20.2 Å². The normalized spacial score (nSPS) is 10.9. The van der Waals surface area contributed by atoms with Crippen molar-refractivity contribution in [2.24, 2.45) is 0 Å². The molecule has 2 aromatic heterocycles. The second-order valence-electron chi connectivity index (χ2n) is 3.97. The third-order valence-electron chi connectivity index (χ3n) is 2.59. The lowest BCUT2D eigenvalue weighted by atomic mass is 10.2. The molecule has 1 N–H and O–H groups in total. The van der Waals surface area contributed by atoms with E-state index in [-0.39, 0.29) is 0 Å². The average molecular weight is 251 g/mol. The van der Waals surface area contributed by atoms with Gasteiger partial charge in [-0.1, -0.05) is 0 Å². The lowest BCUT2D eigenvalue weighted by molar-refractivity contribution is 0.696. The summed E-state index contributed by atoms with van der Waals surface area (Å²) in [7, 11) is 0. The van der Waals surface area contributed by atoms with Gasteiger partial charge in [0.25, 0.3) is 0 Å². The van der Waals surface area contributed by atoms with Gasteiger partial charge in [0.05, 0.1) is 0 Å². The highest BCUT2D eigenvalue weighted by molar-refractivity contribution is 7.11. The van der Waals surface area contributed by atoms with Crippen LogP contribution < -0.4 is 5.32 Å². The Labute approximate surface area is 105 Å². The van der Waals surface area contributed by atoms with Crippen LogP contribution in [0.4, 0.5) is 0 Å². The minimum Gasteiger partial charge on any atom is -0.311 e. The summed E-state index contributed by atoms with van der Waals surface area (Å²) < 4.78 is 0. The van der Waals surface area contributed by atoms with Gasteiger partial charge in [0.1, 0.15) is 0 Å². The molecule has 0 aliphatic heterocycles. The number of rotatable bonds is 5. The van der Waals surface area contributed by atoms with Gasteiger partial charge in [-0.2, -0.15) is 0 Å². The maximum absolute atomic E-state index is 3.50. The molecule has 0 aliphatic rings. The smallest absolute Gasteiger partial charge is 0.0299 e. The second kappa shape index (κ2) is 5.62. The number of thiophene rings is 2. The summed E-state index contributed by atoms with van der Waals surface area (Å²) in [5.41, 5.74) is 1.43. The van der Waals surface area contributed by atoms with Crippen LogP contribution in [0.5, 0.6) is 0 Å². The van der Waals surface area contributed by atoms with Crippen molar-refractivity contribution >= 4 is 22.7 Å². The molecular formula is C13H17NS2. The van der Waals surface area contributed by atoms with Crippen molar-refractivity contribution in [3.05, 3.63) is 43.8 Å². The van der Waals surface area contributed by atoms with Gasteiger partial charge in [-0.25, -0.2) is 0 Å². The van der Waals surface area contributed by atoms with E-state index >= 15 is 0 Å². The van der Waals surface area contributed by atoms with Crippen LogP contribution in [0.15, 0.2) is 23.6 Å². The molecule has 0 spiro atoms. The van der Waals surface area contributed by atoms with E-state index in [0.29, 0.717) is 0 Å². The Morgan fingerprint density at radius 2 is 2.06 bits per heavy atom. The zero-order valence-corrected chi connectivity index (χ0v) is 11.4. The molecule has 0 aromatic carbocycles. The zero-order chi connectivity index (χ0) is 11.4. The van der Waals surface area contributed by atoms with Crippen LogP contribution in [0.1, 0.15) is 20.2 Å². The van der Waals surface area contributed by atoms with Crippen LogP contribution in [0.25, 0.3) is 0 Å². The molecule has 86 valence electrons. The molecule has 2 aromatic rings. The highest BCUT2D eigenvalue weighted by Gasteiger charge is 2.00. The monoisotopic (exact) mass is 251 g/mol. The molecule has 0 amide bonds. The largest absolute Gasteiger partial charge is 0.311 e. The van der Waals surface area contributed by atoms with Gasteiger partial charge in [-0.15, -0.1) is 22.7 Å². The predicted octanol–water partition coefficient (Wildman–Crippen LogP) is 3.76. The van der Waals surface area contributed by atoms with Gasteiger partial charge in [-0.3, -0.25) is 0 Å². The van der Waals surface area contributed by atoms with Crippen LogP contribution in [0.2, 0.25) is 0 Å². The summed E-state index contributed by atoms with van der Waals surface area (Å²) in [5, 5.41) is 5.67. The molecule has 0 saturated carbocycles. The van der Waals surface area contributed by atoms with E-state index in [0.717, 1.165) is 19.5 Å². The molecule has 0 unspecified atom stereocenters. The van der Waals surface area contributed by atoms with Gasteiger partial charge < -0.3 is 5.32 Å². The Morgan fingerprint density at radius 1 is 1.19 bits per heavy atom. The molecule has 0 radical (unpaired) electrons. The first kappa shape index (κ1) is 11.8. The van der Waals surface area contributed by atoms with Gasteiger partial charge in [0.2, 0.25) is 0 Å². The molecule has 0 bridgehead atoms. The van der Waals surface area contributed by atoms with Crippen LogP contribution in [-0.2, 0) is 13.0 Å². The molecule has 3 heteroatoms. The molecule has 2 rings (SSSR count). The van der Waals surface area contributed by atoms with Gasteiger partial charge in [-0.05, 0) is 49.4 Å². The van der Waals surface area contributed by atoms with Crippen LogP contribution in [-0.4, -0.2) is 6.54 Å². The quantitative estimate of drug-likeness (QED) is 0.798. The summed E-state index contributed by atoms with van der Waals surface area (Å²) in [6.07, 6.45) is 1.15. The Kier molecular flexibility index (Phi) is 4.16. The average Bonchev–Trinajstić information content (AvgIpc) is 2.83. The summed E-state index contributed by atoms with van der Waals surface area (Å²) >= 11 is 3.74. The van der Waals surface area contributed by atoms with Crippen molar-refractivity contribution in [1.29, 1.82) is 0 Å². The lowest BCUT2D eigenvalue weighted by Gasteiger charge is -2.02. The molecular weight excluding hydrogens is 234 g/mol. The fourth-order valence-electron chi connectivity index (χ4n) is 1.65. The first-order chi connectivity index (χ1) is 7.75. The first-order valence-corrected chi connectivity index (χ1v) is 7.24. The Balaban J connectivity index is 1.71. The number of nitrogens with one attached hydrogen (secondary N) is 1. The maximum atomic E-state index is 3.50. The molecule has 0 atom stereocenters. The molecule has 1 nitrogen and oxygen atoms in total. The Morgan fingerprint density at radius 3 is 2.69 bits per heavy atom. The van der Waals surface area contributed by atoms with Gasteiger partial charge in [0.15, 0.2) is 0 Å².